The van der Waals surface area contributed by atoms with Crippen LogP contribution in [0.1, 0.15) is 24.1 Å². The van der Waals surface area contributed by atoms with Gasteiger partial charge < -0.3 is 0 Å². The normalized spacial score (nSPS) is 22.4. The van der Waals surface area contributed by atoms with E-state index in [0.717, 1.165) is 6.42 Å². The molecule has 2 nitrogen and oxygen atoms in total. The van der Waals surface area contributed by atoms with Crippen LogP contribution in [-0.4, -0.2) is 22.5 Å². The molecule has 4 heteroatoms. The molecule has 0 spiro atoms. The van der Waals surface area contributed by atoms with Crippen LogP contribution < -0.4 is 11.3 Å². The largest absolute Gasteiger partial charge is 0.271 e. The Hall–Kier alpha value is -0.160. The van der Waals surface area contributed by atoms with Gasteiger partial charge in [0.15, 0.2) is 0 Å². The van der Waals surface area contributed by atoms with Gasteiger partial charge in [-0.05, 0) is 17.5 Å². The minimum atomic E-state index is 0.277. The molecule has 0 amide bonds. The highest BCUT2D eigenvalue weighted by Gasteiger charge is 2.24. The Labute approximate surface area is 112 Å². The van der Waals surface area contributed by atoms with E-state index in [1.165, 1.54) is 28.4 Å². The lowest BCUT2D eigenvalue weighted by atomic mass is 10.0. The summed E-state index contributed by atoms with van der Waals surface area (Å²) in [6.07, 6.45) is 1.09. The van der Waals surface area contributed by atoms with Crippen LogP contribution in [-0.2, 0) is 6.42 Å². The van der Waals surface area contributed by atoms with E-state index >= 15 is 0 Å². The molecule has 0 aliphatic carbocycles. The van der Waals surface area contributed by atoms with E-state index in [2.05, 4.69) is 36.6 Å². The van der Waals surface area contributed by atoms with Crippen LogP contribution in [0.2, 0.25) is 0 Å². The van der Waals surface area contributed by atoms with Crippen LogP contribution in [0.4, 0.5) is 0 Å². The molecule has 0 aromatic heterocycles. The van der Waals surface area contributed by atoms with Gasteiger partial charge in [0.2, 0.25) is 0 Å². The second-order valence-corrected chi connectivity index (χ2v) is 6.72. The average molecular weight is 268 g/mol. The molecule has 1 heterocycles. The van der Waals surface area contributed by atoms with Crippen LogP contribution in [0.3, 0.4) is 0 Å². The molecular formula is C13H20N2S2. The summed E-state index contributed by atoms with van der Waals surface area (Å²) in [5, 5.41) is 0.589. The van der Waals surface area contributed by atoms with Crippen molar-refractivity contribution in [2.75, 3.05) is 17.3 Å². The van der Waals surface area contributed by atoms with E-state index in [1.54, 1.807) is 0 Å². The first-order valence-electron chi connectivity index (χ1n) is 6.09. The van der Waals surface area contributed by atoms with Gasteiger partial charge in [-0.2, -0.15) is 23.5 Å². The van der Waals surface area contributed by atoms with Crippen molar-refractivity contribution in [3.63, 3.8) is 0 Å². The molecule has 3 N–H and O–H groups in total. The minimum Gasteiger partial charge on any atom is -0.271 e. The van der Waals surface area contributed by atoms with Gasteiger partial charge in [0.05, 0.1) is 6.04 Å². The fraction of sp³-hybridized carbons (Fsp3) is 0.538. The highest BCUT2D eigenvalue weighted by atomic mass is 32.2. The predicted molar refractivity (Wildman–Crippen MR) is 79.5 cm³/mol. The molecule has 0 saturated carbocycles. The molecule has 17 heavy (non-hydrogen) atoms. The molecule has 2 unspecified atom stereocenters. The van der Waals surface area contributed by atoms with E-state index in [0.29, 0.717) is 5.25 Å². The van der Waals surface area contributed by atoms with Crippen molar-refractivity contribution >= 4 is 23.5 Å². The zero-order chi connectivity index (χ0) is 12.1. The monoisotopic (exact) mass is 268 g/mol. The number of rotatable bonds is 4. The van der Waals surface area contributed by atoms with Crippen molar-refractivity contribution in [2.24, 2.45) is 5.84 Å². The number of hydrogen-bond acceptors (Lipinski definition) is 4. The van der Waals surface area contributed by atoms with Crippen LogP contribution in [0.25, 0.3) is 0 Å². The van der Waals surface area contributed by atoms with Crippen LogP contribution in [0.15, 0.2) is 24.3 Å². The summed E-state index contributed by atoms with van der Waals surface area (Å²) < 4.78 is 0. The molecule has 0 bridgehead atoms. The Balaban J connectivity index is 2.10. The second kappa shape index (κ2) is 6.69. The van der Waals surface area contributed by atoms with Crippen molar-refractivity contribution in [3.05, 3.63) is 35.4 Å². The Morgan fingerprint density at radius 2 is 2.12 bits per heavy atom. The molecule has 1 fully saturated rings. The summed E-state index contributed by atoms with van der Waals surface area (Å²) in [5.74, 6) is 9.43. The van der Waals surface area contributed by atoms with Gasteiger partial charge in [0, 0.05) is 22.5 Å². The third-order valence-corrected chi connectivity index (χ3v) is 6.00. The third-order valence-electron chi connectivity index (χ3n) is 3.14. The van der Waals surface area contributed by atoms with E-state index in [-0.39, 0.29) is 6.04 Å². The average Bonchev–Trinajstić information content (AvgIpc) is 2.42. The highest BCUT2D eigenvalue weighted by molar-refractivity contribution is 8.06. The fourth-order valence-electron chi connectivity index (χ4n) is 2.08. The fourth-order valence-corrected chi connectivity index (χ4v) is 4.93. The summed E-state index contributed by atoms with van der Waals surface area (Å²) in [7, 11) is 0. The maximum atomic E-state index is 5.73. The topological polar surface area (TPSA) is 38.0 Å². The van der Waals surface area contributed by atoms with Gasteiger partial charge >= 0.3 is 0 Å². The van der Waals surface area contributed by atoms with E-state index < -0.39 is 0 Å². The van der Waals surface area contributed by atoms with Crippen molar-refractivity contribution in [1.82, 2.24) is 5.43 Å². The number of hydrogen-bond donors (Lipinski definition) is 2. The van der Waals surface area contributed by atoms with Crippen LogP contribution >= 0.6 is 23.5 Å². The van der Waals surface area contributed by atoms with Gasteiger partial charge in [0.1, 0.15) is 0 Å². The van der Waals surface area contributed by atoms with Gasteiger partial charge in [-0.15, -0.1) is 0 Å². The number of nitrogens with one attached hydrogen (secondary N) is 1. The minimum absolute atomic E-state index is 0.277. The van der Waals surface area contributed by atoms with Crippen LogP contribution in [0, 0.1) is 0 Å². The maximum Gasteiger partial charge on any atom is 0.0586 e. The lowest BCUT2D eigenvalue weighted by Gasteiger charge is -2.29. The second-order valence-electron chi connectivity index (χ2n) is 4.22. The zero-order valence-corrected chi connectivity index (χ0v) is 11.8. The molecule has 1 aliphatic heterocycles. The number of hydrazine groups is 1. The summed E-state index contributed by atoms with van der Waals surface area (Å²) >= 11 is 4.07. The Morgan fingerprint density at radius 1 is 1.35 bits per heavy atom. The summed E-state index contributed by atoms with van der Waals surface area (Å²) in [6.45, 7) is 2.18. The first-order chi connectivity index (χ1) is 8.35. The number of aryl methyl sites for hydroxylation is 1. The molecule has 2 rings (SSSR count). The van der Waals surface area contributed by atoms with E-state index in [4.69, 9.17) is 5.84 Å². The lowest BCUT2D eigenvalue weighted by molar-refractivity contribution is 0.552. The smallest absolute Gasteiger partial charge is 0.0586 e. The molecular weight excluding hydrogens is 248 g/mol. The maximum absolute atomic E-state index is 5.73. The summed E-state index contributed by atoms with van der Waals surface area (Å²) in [6, 6.07) is 9.12. The van der Waals surface area contributed by atoms with Crippen molar-refractivity contribution < 1.29 is 0 Å². The highest BCUT2D eigenvalue weighted by Crippen LogP contribution is 2.33. The van der Waals surface area contributed by atoms with Crippen molar-refractivity contribution in [3.8, 4) is 0 Å². The molecule has 2 atom stereocenters. The zero-order valence-electron chi connectivity index (χ0n) is 10.2. The molecule has 1 aromatic rings. The van der Waals surface area contributed by atoms with Gasteiger partial charge in [0.25, 0.3) is 0 Å². The van der Waals surface area contributed by atoms with Crippen molar-refractivity contribution in [1.29, 1.82) is 0 Å². The molecule has 1 saturated heterocycles. The van der Waals surface area contributed by atoms with E-state index in [1.807, 2.05) is 23.5 Å². The molecule has 0 radical (unpaired) electrons. The van der Waals surface area contributed by atoms with Crippen molar-refractivity contribution in [2.45, 2.75) is 24.6 Å². The van der Waals surface area contributed by atoms with Gasteiger partial charge in [-0.1, -0.05) is 31.2 Å². The molecule has 1 aromatic carbocycles. The first kappa shape index (κ1) is 13.3. The van der Waals surface area contributed by atoms with Gasteiger partial charge in [-0.3, -0.25) is 11.3 Å². The lowest BCUT2D eigenvalue weighted by Crippen LogP contribution is -2.37. The van der Waals surface area contributed by atoms with Gasteiger partial charge in [-0.25, -0.2) is 0 Å². The molecule has 1 aliphatic rings. The Kier molecular flexibility index (Phi) is 5.22. The number of benzene rings is 1. The Morgan fingerprint density at radius 3 is 2.65 bits per heavy atom. The van der Waals surface area contributed by atoms with E-state index in [9.17, 15) is 0 Å². The Bertz CT molecular complexity index is 334. The summed E-state index contributed by atoms with van der Waals surface area (Å²) in [4.78, 5) is 0. The standard InChI is InChI=1S/C13H20N2S2/c1-2-10-3-5-11(6-4-10)13(15-14)12-9-16-7-8-17-12/h3-6,12-13,15H,2,7-9,14H2,1H3. The van der Waals surface area contributed by atoms with Crippen LogP contribution in [0.5, 0.6) is 0 Å². The number of thioether (sulfide) groups is 2. The quantitative estimate of drug-likeness (QED) is 0.650. The third kappa shape index (κ3) is 3.41. The SMILES string of the molecule is CCc1ccc(C(NN)C2CSCCS2)cc1. The predicted octanol–water partition coefficient (Wildman–Crippen LogP) is 2.60. The number of nitrogens with two attached hydrogens (primary N) is 1. The first-order valence-corrected chi connectivity index (χ1v) is 8.29. The summed E-state index contributed by atoms with van der Waals surface area (Å²) in [5.41, 5.74) is 5.69. The molecule has 94 valence electrons.